The van der Waals surface area contributed by atoms with Crippen LogP contribution in [0.25, 0.3) is 0 Å². The Bertz CT molecular complexity index is 1440. The van der Waals surface area contributed by atoms with Crippen molar-refractivity contribution >= 4 is 11.9 Å². The van der Waals surface area contributed by atoms with Crippen molar-refractivity contribution in [2.75, 3.05) is 6.61 Å². The second-order valence-corrected chi connectivity index (χ2v) is 10.6. The molecule has 0 radical (unpaired) electrons. The second-order valence-electron chi connectivity index (χ2n) is 10.6. The van der Waals surface area contributed by atoms with E-state index in [9.17, 15) is 9.59 Å². The Hall–Kier alpha value is -4.34. The third-order valence-corrected chi connectivity index (χ3v) is 7.21. The molecule has 1 fully saturated rings. The van der Waals surface area contributed by atoms with Gasteiger partial charge in [0, 0.05) is 6.92 Å². The molecule has 8 heteroatoms. The predicted molar refractivity (Wildman–Crippen MR) is 164 cm³/mol. The minimum atomic E-state index is -1.17. The molecule has 0 bridgehead atoms. The Morgan fingerprint density at radius 3 is 1.66 bits per heavy atom. The molecule has 8 nitrogen and oxygen atoms in total. The number of carbonyl (C=O) groups is 2. The van der Waals surface area contributed by atoms with Crippen LogP contribution >= 0.6 is 0 Å². The van der Waals surface area contributed by atoms with Crippen molar-refractivity contribution in [1.29, 1.82) is 0 Å². The molecule has 0 aromatic heterocycles. The SMILES string of the molecule is CC(=O)N[C@H]1[C@@H](OC(=O)c2ccccc2)O[C@H](COCc2ccccc2)[C@H](OCc2ccccc2)[C@@H]1OCc1ccccc1. The summed E-state index contributed by atoms with van der Waals surface area (Å²) in [5.41, 5.74) is 3.27. The largest absolute Gasteiger partial charge is 0.430 e. The minimum absolute atomic E-state index is 0.131. The van der Waals surface area contributed by atoms with Crippen LogP contribution in [0, 0.1) is 0 Å². The third-order valence-electron chi connectivity index (χ3n) is 7.21. The van der Waals surface area contributed by atoms with Crippen LogP contribution in [0.15, 0.2) is 121 Å². The number of carbonyl (C=O) groups excluding carboxylic acids is 2. The van der Waals surface area contributed by atoms with E-state index in [4.69, 9.17) is 23.7 Å². The van der Waals surface area contributed by atoms with Crippen molar-refractivity contribution in [1.82, 2.24) is 5.32 Å². The lowest BCUT2D eigenvalue weighted by Gasteiger charge is -2.45. The first kappa shape index (κ1) is 31.1. The van der Waals surface area contributed by atoms with E-state index in [0.717, 1.165) is 16.7 Å². The molecule has 1 saturated heterocycles. The van der Waals surface area contributed by atoms with E-state index < -0.39 is 36.6 Å². The first-order valence-electron chi connectivity index (χ1n) is 14.7. The molecule has 5 atom stereocenters. The summed E-state index contributed by atoms with van der Waals surface area (Å²) in [7, 11) is 0. The molecule has 0 aliphatic carbocycles. The fraction of sp³-hybridized carbons (Fsp3) is 0.278. The highest BCUT2D eigenvalue weighted by Crippen LogP contribution is 2.30. The van der Waals surface area contributed by atoms with Gasteiger partial charge in [-0.1, -0.05) is 109 Å². The molecular weight excluding hydrogens is 558 g/mol. The lowest BCUT2D eigenvalue weighted by Crippen LogP contribution is -2.66. The van der Waals surface area contributed by atoms with Gasteiger partial charge in [0.1, 0.15) is 24.4 Å². The van der Waals surface area contributed by atoms with Crippen LogP contribution in [0.2, 0.25) is 0 Å². The summed E-state index contributed by atoms with van der Waals surface area (Å²) < 4.78 is 31.5. The van der Waals surface area contributed by atoms with Crippen molar-refractivity contribution < 1.29 is 33.3 Å². The second kappa shape index (κ2) is 15.9. The van der Waals surface area contributed by atoms with Gasteiger partial charge in [-0.3, -0.25) is 4.79 Å². The number of esters is 1. The molecule has 0 unspecified atom stereocenters. The van der Waals surface area contributed by atoms with Crippen molar-refractivity contribution in [2.24, 2.45) is 0 Å². The summed E-state index contributed by atoms with van der Waals surface area (Å²) in [5, 5.41) is 2.92. The van der Waals surface area contributed by atoms with Gasteiger partial charge in [0.2, 0.25) is 12.2 Å². The smallest absolute Gasteiger partial charge is 0.340 e. The standard InChI is InChI=1S/C36H37NO7/c1-26(38)37-32-34(42-24-29-18-10-4-11-19-29)33(41-23-28-16-8-3-9-17-28)31(25-40-22-27-14-6-2-7-15-27)43-36(32)44-35(39)30-20-12-5-13-21-30/h2-21,31-34,36H,22-25H2,1H3,(H,37,38)/t31-,32-,33+,34-,36-/m1/s1. The molecule has 4 aromatic carbocycles. The van der Waals surface area contributed by atoms with E-state index in [1.165, 1.54) is 6.92 Å². The minimum Gasteiger partial charge on any atom is -0.430 e. The van der Waals surface area contributed by atoms with Crippen LogP contribution in [0.5, 0.6) is 0 Å². The Morgan fingerprint density at radius 1 is 0.659 bits per heavy atom. The molecule has 1 aliphatic heterocycles. The maximum atomic E-state index is 13.2. The van der Waals surface area contributed by atoms with E-state index in [1.807, 2.05) is 97.1 Å². The maximum absolute atomic E-state index is 13.2. The number of hydrogen-bond donors (Lipinski definition) is 1. The summed E-state index contributed by atoms with van der Waals surface area (Å²) in [6, 6.07) is 37.1. The van der Waals surface area contributed by atoms with Gasteiger partial charge >= 0.3 is 5.97 Å². The number of amides is 1. The van der Waals surface area contributed by atoms with Crippen LogP contribution in [0.4, 0.5) is 0 Å². The summed E-state index contributed by atoms with van der Waals surface area (Å²) in [6.45, 7) is 2.40. The summed E-state index contributed by atoms with van der Waals surface area (Å²) in [4.78, 5) is 25.7. The van der Waals surface area contributed by atoms with Crippen molar-refractivity contribution in [3.05, 3.63) is 144 Å². The highest BCUT2D eigenvalue weighted by Gasteiger charge is 2.50. The van der Waals surface area contributed by atoms with Gasteiger partial charge in [-0.15, -0.1) is 0 Å². The first-order chi connectivity index (χ1) is 21.6. The fourth-order valence-corrected chi connectivity index (χ4v) is 5.07. The van der Waals surface area contributed by atoms with Crippen LogP contribution in [-0.4, -0.2) is 49.1 Å². The molecule has 1 N–H and O–H groups in total. The molecule has 1 aliphatic rings. The maximum Gasteiger partial charge on any atom is 0.340 e. The Kier molecular flexibility index (Phi) is 11.3. The fourth-order valence-electron chi connectivity index (χ4n) is 5.07. The molecule has 0 spiro atoms. The van der Waals surface area contributed by atoms with Crippen LogP contribution in [0.1, 0.15) is 34.0 Å². The van der Waals surface area contributed by atoms with Gasteiger partial charge in [-0.05, 0) is 28.8 Å². The first-order valence-corrected chi connectivity index (χ1v) is 14.7. The molecular formula is C36H37NO7. The lowest BCUT2D eigenvalue weighted by molar-refractivity contribution is -0.276. The van der Waals surface area contributed by atoms with E-state index in [2.05, 4.69) is 5.32 Å². The molecule has 4 aromatic rings. The monoisotopic (exact) mass is 595 g/mol. The Balaban J connectivity index is 1.44. The molecule has 44 heavy (non-hydrogen) atoms. The quantitative estimate of drug-likeness (QED) is 0.205. The highest BCUT2D eigenvalue weighted by atomic mass is 16.7. The lowest BCUT2D eigenvalue weighted by atomic mass is 9.95. The Labute approximate surface area is 257 Å². The summed E-state index contributed by atoms with van der Waals surface area (Å²) in [5.74, 6) is -0.909. The van der Waals surface area contributed by atoms with Gasteiger partial charge < -0.3 is 29.0 Å². The Morgan fingerprint density at radius 2 is 1.14 bits per heavy atom. The summed E-state index contributed by atoms with van der Waals surface area (Å²) >= 11 is 0. The van der Waals surface area contributed by atoms with Crippen molar-refractivity contribution in [3.8, 4) is 0 Å². The van der Waals surface area contributed by atoms with Crippen molar-refractivity contribution in [3.63, 3.8) is 0 Å². The van der Waals surface area contributed by atoms with E-state index in [-0.39, 0.29) is 25.7 Å². The number of ether oxygens (including phenoxy) is 5. The van der Waals surface area contributed by atoms with Crippen molar-refractivity contribution in [2.45, 2.75) is 57.4 Å². The topological polar surface area (TPSA) is 92.3 Å². The average Bonchev–Trinajstić information content (AvgIpc) is 3.06. The van der Waals surface area contributed by atoms with E-state index in [1.54, 1.807) is 24.3 Å². The van der Waals surface area contributed by atoms with Gasteiger partial charge in [0.05, 0.1) is 32.0 Å². The van der Waals surface area contributed by atoms with Gasteiger partial charge in [0.15, 0.2) is 0 Å². The predicted octanol–water partition coefficient (Wildman–Crippen LogP) is 5.46. The number of rotatable bonds is 13. The number of nitrogens with one attached hydrogen (secondary N) is 1. The van der Waals surface area contributed by atoms with Gasteiger partial charge in [-0.25, -0.2) is 4.79 Å². The molecule has 1 heterocycles. The van der Waals surface area contributed by atoms with E-state index >= 15 is 0 Å². The van der Waals surface area contributed by atoms with E-state index in [0.29, 0.717) is 12.2 Å². The third kappa shape index (κ3) is 8.84. The average molecular weight is 596 g/mol. The molecule has 5 rings (SSSR count). The zero-order valence-corrected chi connectivity index (χ0v) is 24.6. The molecule has 1 amide bonds. The summed E-state index contributed by atoms with van der Waals surface area (Å²) in [6.07, 6.45) is -3.30. The number of benzene rings is 4. The van der Waals surface area contributed by atoms with Crippen LogP contribution < -0.4 is 5.32 Å². The van der Waals surface area contributed by atoms with Crippen LogP contribution in [0.3, 0.4) is 0 Å². The van der Waals surface area contributed by atoms with Gasteiger partial charge in [0.25, 0.3) is 0 Å². The number of hydrogen-bond acceptors (Lipinski definition) is 7. The highest BCUT2D eigenvalue weighted by molar-refractivity contribution is 5.89. The molecule has 0 saturated carbocycles. The zero-order chi connectivity index (χ0) is 30.6. The zero-order valence-electron chi connectivity index (χ0n) is 24.6. The normalized spacial score (nSPS) is 21.3. The van der Waals surface area contributed by atoms with Crippen LogP contribution in [-0.2, 0) is 48.3 Å². The van der Waals surface area contributed by atoms with Gasteiger partial charge in [-0.2, -0.15) is 0 Å². The molecule has 228 valence electrons.